The lowest BCUT2D eigenvalue weighted by molar-refractivity contribution is -0.0366. The first kappa shape index (κ1) is 28.5. The number of nitrogens with zero attached hydrogens (tertiary/aromatic N) is 7. The van der Waals surface area contributed by atoms with Gasteiger partial charge >= 0.3 is 0 Å². The number of fused-ring (bicyclic) bond motifs is 2. The summed E-state index contributed by atoms with van der Waals surface area (Å²) in [6, 6.07) is 14.3. The lowest BCUT2D eigenvalue weighted by atomic mass is 10.0. The molecule has 1 aromatic carbocycles. The fraction of sp³-hybridized carbons (Fsp3) is 0.412. The zero-order chi connectivity index (χ0) is 30.4. The Kier molecular flexibility index (Phi) is 7.55. The number of hydrogen-bond donors (Lipinski definition) is 0. The quantitative estimate of drug-likeness (QED) is 0.276. The van der Waals surface area contributed by atoms with E-state index < -0.39 is 0 Å². The van der Waals surface area contributed by atoms with Crippen molar-refractivity contribution >= 4 is 27.8 Å². The van der Waals surface area contributed by atoms with Crippen molar-refractivity contribution in [2.75, 3.05) is 33.8 Å². The fourth-order valence-electron chi connectivity index (χ4n) is 6.81. The van der Waals surface area contributed by atoms with E-state index in [9.17, 15) is 9.59 Å². The van der Waals surface area contributed by atoms with Crippen molar-refractivity contribution in [3.05, 3.63) is 82.7 Å². The Balaban J connectivity index is 1.08. The van der Waals surface area contributed by atoms with Crippen molar-refractivity contribution in [2.45, 2.75) is 50.9 Å². The van der Waals surface area contributed by atoms with Gasteiger partial charge in [-0.25, -0.2) is 9.67 Å². The summed E-state index contributed by atoms with van der Waals surface area (Å²) < 4.78 is 12.0. The minimum Gasteiger partial charge on any atom is -0.356 e. The Morgan fingerprint density at radius 2 is 1.89 bits per heavy atom. The van der Waals surface area contributed by atoms with Gasteiger partial charge in [0.15, 0.2) is 6.23 Å². The molecule has 44 heavy (non-hydrogen) atoms. The molecule has 5 aromatic rings. The number of likely N-dealkylation sites (tertiary alicyclic amines) is 1. The molecule has 0 bridgehead atoms. The van der Waals surface area contributed by atoms with Crippen LogP contribution in [-0.4, -0.2) is 73.4 Å². The summed E-state index contributed by atoms with van der Waals surface area (Å²) in [5.74, 6) is -0.155. The Labute approximate surface area is 256 Å². The summed E-state index contributed by atoms with van der Waals surface area (Å²) >= 11 is 0. The number of amides is 1. The van der Waals surface area contributed by atoms with Gasteiger partial charge in [-0.15, -0.1) is 0 Å². The van der Waals surface area contributed by atoms with Crippen LogP contribution in [0.4, 0.5) is 0 Å². The first-order chi connectivity index (χ1) is 21.4. The van der Waals surface area contributed by atoms with Gasteiger partial charge in [0.2, 0.25) is 0 Å². The second-order valence-corrected chi connectivity index (χ2v) is 12.3. The van der Waals surface area contributed by atoms with E-state index in [0.717, 1.165) is 85.0 Å². The third-order valence-corrected chi connectivity index (χ3v) is 9.30. The summed E-state index contributed by atoms with van der Waals surface area (Å²) in [4.78, 5) is 33.8. The number of piperidine rings is 1. The van der Waals surface area contributed by atoms with Gasteiger partial charge in [-0.1, -0.05) is 6.07 Å². The van der Waals surface area contributed by atoms with Gasteiger partial charge in [0.25, 0.3) is 11.5 Å². The molecule has 0 radical (unpaired) electrons. The molecule has 228 valence electrons. The number of aryl methyl sites for hydroxylation is 1. The van der Waals surface area contributed by atoms with Crippen LogP contribution in [-0.2, 0) is 18.3 Å². The molecule has 10 heteroatoms. The largest absolute Gasteiger partial charge is 0.356 e. The molecule has 4 aromatic heterocycles. The molecule has 2 aliphatic rings. The van der Waals surface area contributed by atoms with Gasteiger partial charge in [0.1, 0.15) is 5.65 Å². The van der Waals surface area contributed by atoms with Crippen LogP contribution in [0.25, 0.3) is 33.1 Å². The van der Waals surface area contributed by atoms with Crippen LogP contribution >= 0.6 is 0 Å². The molecule has 1 amide bonds. The summed E-state index contributed by atoms with van der Waals surface area (Å²) in [6.07, 6.45) is 10.7. The zero-order valence-corrected chi connectivity index (χ0v) is 25.6. The Hall–Kier alpha value is -4.28. The number of aromatic nitrogens is 5. The molecule has 2 fully saturated rings. The Morgan fingerprint density at radius 3 is 2.64 bits per heavy atom. The topological polar surface area (TPSA) is 90.4 Å². The van der Waals surface area contributed by atoms with Crippen molar-refractivity contribution in [3.8, 4) is 11.1 Å². The third kappa shape index (κ3) is 5.22. The number of rotatable bonds is 6. The minimum atomic E-state index is -0.155. The van der Waals surface area contributed by atoms with E-state index >= 15 is 0 Å². The molecular weight excluding hydrogens is 554 g/mol. The lowest BCUT2D eigenvalue weighted by Crippen LogP contribution is -2.37. The van der Waals surface area contributed by atoms with Gasteiger partial charge < -0.3 is 18.8 Å². The number of benzene rings is 1. The summed E-state index contributed by atoms with van der Waals surface area (Å²) in [6.45, 7) is 3.39. The van der Waals surface area contributed by atoms with Crippen molar-refractivity contribution < 1.29 is 9.53 Å². The highest BCUT2D eigenvalue weighted by molar-refractivity contribution is 5.96. The van der Waals surface area contributed by atoms with Crippen LogP contribution < -0.4 is 5.56 Å². The smallest absolute Gasteiger partial charge is 0.253 e. The van der Waals surface area contributed by atoms with E-state index in [-0.39, 0.29) is 23.7 Å². The van der Waals surface area contributed by atoms with Crippen molar-refractivity contribution in [1.82, 2.24) is 33.7 Å². The monoisotopic (exact) mass is 593 g/mol. The van der Waals surface area contributed by atoms with Gasteiger partial charge in [-0.3, -0.25) is 14.5 Å². The third-order valence-electron chi connectivity index (χ3n) is 9.30. The molecule has 1 atom stereocenters. The highest BCUT2D eigenvalue weighted by Crippen LogP contribution is 2.34. The van der Waals surface area contributed by atoms with Crippen molar-refractivity contribution in [1.29, 1.82) is 0 Å². The molecule has 7 rings (SSSR count). The van der Waals surface area contributed by atoms with Gasteiger partial charge in [-0.05, 0) is 73.6 Å². The molecule has 1 unspecified atom stereocenters. The minimum absolute atomic E-state index is 0.0155. The molecule has 6 heterocycles. The van der Waals surface area contributed by atoms with Crippen LogP contribution in [0.1, 0.15) is 60.4 Å². The first-order valence-electron chi connectivity index (χ1n) is 15.6. The summed E-state index contributed by atoms with van der Waals surface area (Å²) in [5.41, 5.74) is 5.91. The maximum absolute atomic E-state index is 12.8. The number of hydrogen-bond acceptors (Lipinski definition) is 6. The van der Waals surface area contributed by atoms with Crippen molar-refractivity contribution in [3.63, 3.8) is 0 Å². The average molecular weight is 594 g/mol. The van der Waals surface area contributed by atoms with Crippen LogP contribution in [0.15, 0.2) is 65.8 Å². The van der Waals surface area contributed by atoms with Gasteiger partial charge in [0.05, 0.1) is 11.7 Å². The van der Waals surface area contributed by atoms with E-state index in [1.165, 1.54) is 23.1 Å². The average Bonchev–Trinajstić information content (AvgIpc) is 3.61. The zero-order valence-electron chi connectivity index (χ0n) is 25.6. The molecule has 2 saturated heterocycles. The van der Waals surface area contributed by atoms with Crippen molar-refractivity contribution in [2.24, 2.45) is 7.05 Å². The van der Waals surface area contributed by atoms with E-state index in [4.69, 9.17) is 9.72 Å². The Bertz CT molecular complexity index is 1890. The summed E-state index contributed by atoms with van der Waals surface area (Å²) in [5, 5.41) is 6.93. The van der Waals surface area contributed by atoms with Crippen LogP contribution in [0.2, 0.25) is 0 Å². The molecular formula is C34H39N7O3. The highest BCUT2D eigenvalue weighted by Gasteiger charge is 2.24. The second-order valence-electron chi connectivity index (χ2n) is 12.3. The summed E-state index contributed by atoms with van der Waals surface area (Å²) in [7, 11) is 5.48. The molecule has 0 N–H and O–H groups in total. The predicted octanol–water partition coefficient (Wildman–Crippen LogP) is 4.99. The highest BCUT2D eigenvalue weighted by atomic mass is 16.5. The maximum atomic E-state index is 12.8. The molecule has 10 nitrogen and oxygen atoms in total. The van der Waals surface area contributed by atoms with E-state index in [2.05, 4.69) is 51.9 Å². The molecule has 0 spiro atoms. The standard InChI is InChI=1S/C34H39N7O3/c1-37(2)34(43)24-10-16-40(31(42)19-24)26-11-14-39(15-12-26)22-27-20-29-28(9-13-35-33(29)38(27)3)23-7-8-30-25(18-23)21-36-41(30)32-6-4-5-17-44-32/h7-10,13,16,18-21,26,32H,4-6,11-12,14-15,17,22H2,1-3H3. The Morgan fingerprint density at radius 1 is 1.05 bits per heavy atom. The van der Waals surface area contributed by atoms with Crippen LogP contribution in [0, 0.1) is 0 Å². The lowest BCUT2D eigenvalue weighted by Gasteiger charge is -2.33. The predicted molar refractivity (Wildman–Crippen MR) is 171 cm³/mol. The van der Waals surface area contributed by atoms with Crippen LogP contribution in [0.3, 0.4) is 0 Å². The molecule has 2 aliphatic heterocycles. The fourth-order valence-corrected chi connectivity index (χ4v) is 6.81. The number of carbonyl (C=O) groups excluding carboxylic acids is 1. The SMILES string of the molecule is CN(C)C(=O)c1ccn(C2CCN(Cc3cc4c(-c5ccc6c(cnn6C6CCCCO6)c5)ccnc4n3C)CC2)c(=O)c1. The number of pyridine rings is 2. The van der Waals surface area contributed by atoms with Gasteiger partial charge in [-0.2, -0.15) is 5.10 Å². The van der Waals surface area contributed by atoms with Gasteiger partial charge in [0, 0.05) is 93.9 Å². The van der Waals surface area contributed by atoms with E-state index in [1.807, 2.05) is 17.1 Å². The normalized spacial score (nSPS) is 18.3. The molecule has 0 aliphatic carbocycles. The second kappa shape index (κ2) is 11.7. The number of ether oxygens (including phenoxy) is 1. The van der Waals surface area contributed by atoms with E-state index in [1.54, 1.807) is 30.9 Å². The molecule has 0 saturated carbocycles. The van der Waals surface area contributed by atoms with Crippen LogP contribution in [0.5, 0.6) is 0 Å². The first-order valence-corrected chi connectivity index (χ1v) is 15.6. The number of carbonyl (C=O) groups is 1. The van der Waals surface area contributed by atoms with E-state index in [0.29, 0.717) is 5.56 Å². The maximum Gasteiger partial charge on any atom is 0.253 e.